The summed E-state index contributed by atoms with van der Waals surface area (Å²) in [7, 11) is -12.2. The summed E-state index contributed by atoms with van der Waals surface area (Å²) in [6.07, 6.45) is 4.00. The molecule has 3 aromatic carbocycles. The topological polar surface area (TPSA) is 380 Å². The Kier molecular flexibility index (Phi) is 27.7. The van der Waals surface area contributed by atoms with Crippen molar-refractivity contribution in [1.29, 1.82) is 0 Å². The van der Waals surface area contributed by atoms with E-state index in [1.165, 1.54) is 91.4 Å². The first-order chi connectivity index (χ1) is 59.3. The molecule has 0 radical (unpaired) electrons. The monoisotopic (exact) mass is 1890 g/mol. The van der Waals surface area contributed by atoms with E-state index in [-0.39, 0.29) is 107 Å². The highest BCUT2D eigenvalue weighted by molar-refractivity contribution is 7.93. The number of amides is 6. The molecule has 3 aliphatic heterocycles. The number of aryl methyl sites for hydroxylation is 3. The van der Waals surface area contributed by atoms with Crippen molar-refractivity contribution in [3.63, 3.8) is 0 Å². The number of sulfonamides is 3. The largest absolute Gasteiger partial charge is 0.619 e. The molecule has 674 valence electrons. The van der Waals surface area contributed by atoms with Gasteiger partial charge in [0.1, 0.15) is 70.8 Å². The fraction of sp³-hybridized carbons (Fsp3) is 0.341. The quantitative estimate of drug-likeness (QED) is 0.0342. The van der Waals surface area contributed by atoms with Gasteiger partial charge in [0, 0.05) is 125 Å². The molecule has 6 atom stereocenters. The first-order valence-electron chi connectivity index (χ1n) is 38.6. The lowest BCUT2D eigenvalue weighted by molar-refractivity contribution is -0.606. The number of aromatic nitrogens is 6. The van der Waals surface area contributed by atoms with Crippen LogP contribution < -0.4 is 57.8 Å². The highest BCUT2D eigenvalue weighted by atomic mass is 35.5. The van der Waals surface area contributed by atoms with E-state index in [1.807, 2.05) is 0 Å². The molecular formula is C82H79Cl3F9N15O15S3. The number of halogens is 12. The maximum absolute atomic E-state index is 14.6. The molecule has 45 heteroatoms. The molecule has 6 aliphatic rings. The summed E-state index contributed by atoms with van der Waals surface area (Å²) in [5.41, 5.74) is 0.966. The summed E-state index contributed by atoms with van der Waals surface area (Å²) in [5, 5.41) is 44.4. The van der Waals surface area contributed by atoms with Crippen molar-refractivity contribution < 1.29 is 108 Å². The van der Waals surface area contributed by atoms with Gasteiger partial charge in [0.2, 0.25) is 85.0 Å². The summed E-state index contributed by atoms with van der Waals surface area (Å²) in [4.78, 5) is 99.5. The van der Waals surface area contributed by atoms with E-state index >= 15 is 0 Å². The first kappa shape index (κ1) is 94.4. The van der Waals surface area contributed by atoms with Gasteiger partial charge in [-0.05, 0) is 111 Å². The average molecular weight is 1890 g/mol. The number of benzene rings is 3. The Morgan fingerprint density at radius 1 is 0.409 bits per heavy atom. The van der Waals surface area contributed by atoms with Crippen molar-refractivity contribution in [3.05, 3.63) is 265 Å². The predicted molar refractivity (Wildman–Crippen MR) is 447 cm³/mol. The maximum Gasteiger partial charge on any atom is 0.252 e. The van der Waals surface area contributed by atoms with Crippen LogP contribution in [0, 0.1) is 53.8 Å². The summed E-state index contributed by atoms with van der Waals surface area (Å²) in [5.74, 6) is -19.2. The van der Waals surface area contributed by atoms with Gasteiger partial charge >= 0.3 is 0 Å². The zero-order valence-electron chi connectivity index (χ0n) is 66.3. The Labute approximate surface area is 736 Å². The van der Waals surface area contributed by atoms with Gasteiger partial charge in [0.25, 0.3) is 35.5 Å². The third kappa shape index (κ3) is 21.1. The van der Waals surface area contributed by atoms with Gasteiger partial charge in [0.05, 0.1) is 17.3 Å². The fourth-order valence-corrected chi connectivity index (χ4v) is 21.3. The molecule has 6 aromatic heterocycles. The predicted octanol–water partition coefficient (Wildman–Crippen LogP) is 10.9. The molecule has 1 unspecified atom stereocenters. The van der Waals surface area contributed by atoms with Gasteiger partial charge in [-0.25, -0.2) is 92.6 Å². The maximum atomic E-state index is 14.6. The van der Waals surface area contributed by atoms with Crippen LogP contribution in [0.3, 0.4) is 0 Å². The number of anilines is 6. The molecule has 127 heavy (non-hydrogen) atoms. The number of hydrogen-bond donors (Lipinski definition) is 3. The minimum atomic E-state index is -4.06. The standard InChI is InChI=1S/3C27H25ClF3N5O5S.CH4/c3*1-16-6-8-32-23(10-16)36-22(7-9-42(36,40)41)26(38)35(19-11-17(29)14-34(39)15-19)24(20-4-2-3-5-21(20)28)25(37)33-18-12-27(30,31)13-18;/h3*2-6,8,10-11,14-15,18,22,24H,7,9,12-13H2,1H3,(H,33,37);1H4/t22-,24?;22-,24+;22-,24-;/m000./s1. The van der Waals surface area contributed by atoms with Crippen LogP contribution in [0.1, 0.15) is 117 Å². The fourth-order valence-electron chi connectivity index (χ4n) is 15.5. The second-order valence-corrected chi connectivity index (χ2v) is 38.0. The third-order valence-electron chi connectivity index (χ3n) is 21.3. The number of rotatable bonds is 21. The van der Waals surface area contributed by atoms with Gasteiger partial charge < -0.3 is 31.6 Å². The normalized spacial score (nSPS) is 19.9. The zero-order chi connectivity index (χ0) is 91.2. The molecule has 9 aromatic rings. The highest BCUT2D eigenvalue weighted by Crippen LogP contribution is 2.45. The van der Waals surface area contributed by atoms with Crippen molar-refractivity contribution in [2.75, 3.05) is 44.9 Å². The number of pyridine rings is 6. The molecule has 30 nitrogen and oxygen atoms in total. The van der Waals surface area contributed by atoms with Crippen molar-refractivity contribution in [3.8, 4) is 0 Å². The Hall–Kier alpha value is -11.7. The molecule has 6 amide bonds. The third-order valence-corrected chi connectivity index (χ3v) is 27.7. The van der Waals surface area contributed by atoms with Gasteiger partial charge in [-0.3, -0.25) is 43.5 Å². The van der Waals surface area contributed by atoms with Gasteiger partial charge in [-0.1, -0.05) is 96.8 Å². The number of carbonyl (C=O) groups is 6. The molecule has 9 heterocycles. The van der Waals surface area contributed by atoms with Crippen LogP contribution >= 0.6 is 34.8 Å². The van der Waals surface area contributed by atoms with Crippen molar-refractivity contribution in [2.45, 2.75) is 158 Å². The van der Waals surface area contributed by atoms with E-state index < -0.39 is 211 Å². The van der Waals surface area contributed by atoms with E-state index in [9.17, 15) is 109 Å². The second-order valence-electron chi connectivity index (χ2n) is 30.8. The van der Waals surface area contributed by atoms with E-state index in [2.05, 4.69) is 30.9 Å². The minimum Gasteiger partial charge on any atom is -0.619 e. The first-order valence-corrected chi connectivity index (χ1v) is 44.5. The van der Waals surface area contributed by atoms with E-state index in [0.717, 1.165) is 64.4 Å². The van der Waals surface area contributed by atoms with Crippen LogP contribution in [0.2, 0.25) is 15.1 Å². The SMILES string of the molecule is C.Cc1ccnc(N2[C@H](C(=O)N(c3cc(F)c[n+]([O-])c3)C(C(=O)NC3CC(F)(F)C3)c3ccccc3Cl)CCS2(=O)=O)c1.Cc1ccnc(N2[C@H](C(=O)N(c3cc(F)c[n+]([O-])c3)[C@@H](C(=O)NC3CC(F)(F)C3)c3ccccc3Cl)CCS2(=O)=O)c1.Cc1ccnc(N2[C@H](C(=O)N(c3cc(F)c[n+]([O-])c3)[C@H](C(=O)NC3CC(F)(F)C3)c3ccccc3Cl)CCS2(=O)=O)c1. The summed E-state index contributed by atoms with van der Waals surface area (Å²) >= 11 is 19.3. The summed E-state index contributed by atoms with van der Waals surface area (Å²) in [6, 6.07) is 17.4. The van der Waals surface area contributed by atoms with Crippen molar-refractivity contribution >= 4 is 135 Å². The second kappa shape index (κ2) is 37.3. The molecule has 3 saturated carbocycles. The molecular weight excluding hydrogens is 1810 g/mol. The number of nitrogens with zero attached hydrogens (tertiary/aromatic N) is 12. The van der Waals surface area contributed by atoms with Gasteiger partial charge in [-0.15, -0.1) is 0 Å². The van der Waals surface area contributed by atoms with E-state index in [4.69, 9.17) is 34.8 Å². The number of carbonyl (C=O) groups excluding carboxylic acids is 6. The van der Waals surface area contributed by atoms with Crippen LogP contribution in [0.5, 0.6) is 0 Å². The Morgan fingerprint density at radius 2 is 0.646 bits per heavy atom. The molecule has 3 aliphatic carbocycles. The molecule has 3 N–H and O–H groups in total. The van der Waals surface area contributed by atoms with Crippen LogP contribution in [0.25, 0.3) is 0 Å². The molecule has 15 rings (SSSR count). The number of hydrogen-bond acceptors (Lipinski definition) is 18. The van der Waals surface area contributed by atoms with E-state index in [1.54, 1.807) is 57.2 Å². The van der Waals surface area contributed by atoms with Gasteiger partial charge in [-0.2, -0.15) is 14.2 Å². The average Bonchev–Trinajstić information content (AvgIpc) is 1.69. The smallest absolute Gasteiger partial charge is 0.252 e. The van der Waals surface area contributed by atoms with Crippen LogP contribution in [-0.2, 0) is 58.8 Å². The van der Waals surface area contributed by atoms with Crippen molar-refractivity contribution in [1.82, 2.24) is 30.9 Å². The molecule has 3 saturated heterocycles. The van der Waals surface area contributed by atoms with Crippen LogP contribution in [0.4, 0.5) is 74.0 Å². The minimum absolute atomic E-state index is 0. The summed E-state index contributed by atoms with van der Waals surface area (Å²) < 4.78 is 207. The zero-order valence-corrected chi connectivity index (χ0v) is 71.0. The number of nitrogens with one attached hydrogen (secondary N) is 3. The Balaban J connectivity index is 0.000000172. The van der Waals surface area contributed by atoms with Crippen LogP contribution in [0.15, 0.2) is 183 Å². The van der Waals surface area contributed by atoms with Crippen LogP contribution in [-0.4, -0.2) is 147 Å². The lowest BCUT2D eigenvalue weighted by Crippen LogP contribution is -2.56. The number of alkyl halides is 6. The molecule has 0 spiro atoms. The Morgan fingerprint density at radius 3 is 0.858 bits per heavy atom. The Bertz CT molecular complexity index is 5470. The molecule has 6 fully saturated rings. The van der Waals surface area contributed by atoms with E-state index in [0.29, 0.717) is 35.3 Å². The lowest BCUT2D eigenvalue weighted by atomic mass is 9.87. The highest BCUT2D eigenvalue weighted by Gasteiger charge is 2.55. The van der Waals surface area contributed by atoms with Gasteiger partial charge in [0.15, 0.2) is 17.5 Å². The lowest BCUT2D eigenvalue weighted by Gasteiger charge is -2.39. The van der Waals surface area contributed by atoms with Crippen molar-refractivity contribution in [2.24, 2.45) is 0 Å². The summed E-state index contributed by atoms with van der Waals surface area (Å²) in [6.45, 7) is 5.12. The molecule has 0 bridgehead atoms.